The van der Waals surface area contributed by atoms with Crippen molar-refractivity contribution in [2.75, 3.05) is 29.7 Å². The Morgan fingerprint density at radius 1 is 1.02 bits per heavy atom. The van der Waals surface area contributed by atoms with Crippen molar-refractivity contribution in [1.82, 2.24) is 0 Å². The van der Waals surface area contributed by atoms with Crippen LogP contribution in [0, 0.1) is 5.92 Å². The molecule has 0 unspecified atom stereocenters. The topological polar surface area (TPSA) is 114 Å². The number of rotatable bonds is 8. The van der Waals surface area contributed by atoms with Crippen LogP contribution in [-0.2, 0) is 15.1 Å². The Morgan fingerprint density at radius 2 is 1.71 bits per heavy atom. The van der Waals surface area contributed by atoms with Crippen LogP contribution in [0.15, 0.2) is 97.1 Å². The number of fused-ring (bicyclic) bond motifs is 2. The van der Waals surface area contributed by atoms with Crippen LogP contribution in [0.4, 0.5) is 22.7 Å². The van der Waals surface area contributed by atoms with Gasteiger partial charge in [0.25, 0.3) is 11.8 Å². The highest BCUT2D eigenvalue weighted by molar-refractivity contribution is 6.91. The second-order valence-corrected chi connectivity index (χ2v) is 17.1. The zero-order valence-electron chi connectivity index (χ0n) is 26.0. The van der Waals surface area contributed by atoms with Gasteiger partial charge in [-0.3, -0.25) is 14.5 Å². The van der Waals surface area contributed by atoms with Gasteiger partial charge in [-0.25, -0.2) is 0 Å². The van der Waals surface area contributed by atoms with E-state index in [2.05, 4.69) is 37.5 Å². The molecule has 2 heterocycles. The summed E-state index contributed by atoms with van der Waals surface area (Å²) in [4.78, 5) is 29.8. The summed E-state index contributed by atoms with van der Waals surface area (Å²) in [7, 11) is -0.670. The van der Waals surface area contributed by atoms with E-state index < -0.39 is 13.7 Å². The van der Waals surface area contributed by atoms with Crippen molar-refractivity contribution in [3.05, 3.63) is 108 Å². The first-order valence-electron chi connectivity index (χ1n) is 15.3. The normalized spacial score (nSPS) is 22.5. The van der Waals surface area contributed by atoms with E-state index in [0.717, 1.165) is 17.1 Å². The van der Waals surface area contributed by atoms with Gasteiger partial charge in [0.2, 0.25) is 0 Å². The van der Waals surface area contributed by atoms with Crippen LogP contribution in [0.1, 0.15) is 29.3 Å². The highest BCUT2D eigenvalue weighted by Gasteiger charge is 2.66. The van der Waals surface area contributed by atoms with Gasteiger partial charge >= 0.3 is 0 Å². The number of nitrogens with one attached hydrogen (secondary N) is 1. The summed E-state index contributed by atoms with van der Waals surface area (Å²) >= 11 is 0. The summed E-state index contributed by atoms with van der Waals surface area (Å²) in [6.07, 6.45) is 0.0551. The third-order valence-electron chi connectivity index (χ3n) is 9.60. The first kappa shape index (κ1) is 30.6. The number of nitrogens with two attached hydrogens (primary N) is 1. The Hall–Kier alpha value is -4.44. The lowest BCUT2D eigenvalue weighted by Crippen LogP contribution is -2.51. The highest BCUT2D eigenvalue weighted by atomic mass is 28.3. The second-order valence-electron chi connectivity index (χ2n) is 12.5. The van der Waals surface area contributed by atoms with Gasteiger partial charge in [0.1, 0.15) is 5.75 Å². The number of benzene rings is 4. The zero-order chi connectivity index (χ0) is 31.9. The minimum Gasteiger partial charge on any atom is -0.497 e. The van der Waals surface area contributed by atoms with Gasteiger partial charge in [-0.2, -0.15) is 0 Å². The lowest BCUT2D eigenvalue weighted by Gasteiger charge is -2.37. The fourth-order valence-corrected chi connectivity index (χ4v) is 11.4. The Kier molecular flexibility index (Phi) is 8.03. The molecule has 6 rings (SSSR count). The third kappa shape index (κ3) is 5.10. The standard InChI is InChI=1S/C36H39N3O5Si/c1-23-33(45(3,4)29-17-15-28(43-2)16-18-29)32(20-21-40)44-36(23)30-22-26(38-34(41)24-10-12-25(37)13-11-24)14-19-31(30)39(35(36)42)27-8-6-5-7-9-27/h5-19,22-23,32-33,40H,20-21,37H2,1-4H3,(H,38,41)/t23-,32+,33-,36+/m0/s1. The van der Waals surface area contributed by atoms with Crippen LogP contribution in [0.5, 0.6) is 5.75 Å². The average molecular weight is 622 g/mol. The van der Waals surface area contributed by atoms with Gasteiger partial charge in [-0.05, 0) is 78.7 Å². The van der Waals surface area contributed by atoms with Crippen LogP contribution in [0.3, 0.4) is 0 Å². The van der Waals surface area contributed by atoms with Crippen LogP contribution in [0.25, 0.3) is 0 Å². The molecule has 4 atom stereocenters. The van der Waals surface area contributed by atoms with Crippen molar-refractivity contribution < 1.29 is 24.2 Å². The number of amides is 2. The molecule has 0 radical (unpaired) electrons. The predicted octanol–water partition coefficient (Wildman–Crippen LogP) is 5.81. The average Bonchev–Trinajstić information content (AvgIpc) is 3.48. The highest BCUT2D eigenvalue weighted by Crippen LogP contribution is 2.61. The van der Waals surface area contributed by atoms with E-state index in [4.69, 9.17) is 15.2 Å². The van der Waals surface area contributed by atoms with Crippen molar-refractivity contribution in [2.24, 2.45) is 5.92 Å². The number of aliphatic hydroxyl groups excluding tert-OH is 1. The van der Waals surface area contributed by atoms with Gasteiger partial charge in [-0.15, -0.1) is 0 Å². The molecule has 8 nitrogen and oxygen atoms in total. The molecule has 2 amide bonds. The molecular formula is C36H39N3O5Si. The van der Waals surface area contributed by atoms with Crippen LogP contribution >= 0.6 is 0 Å². The van der Waals surface area contributed by atoms with Gasteiger partial charge in [0.15, 0.2) is 5.60 Å². The summed E-state index contributed by atoms with van der Waals surface area (Å²) in [5.74, 6) is 0.108. The second kappa shape index (κ2) is 11.8. The minimum atomic E-state index is -2.32. The molecule has 0 saturated carbocycles. The molecule has 2 aliphatic heterocycles. The summed E-state index contributed by atoms with van der Waals surface area (Å²) in [6, 6.07) is 30.0. The van der Waals surface area contributed by atoms with E-state index in [1.807, 2.05) is 60.7 Å². The monoisotopic (exact) mass is 621 g/mol. The molecule has 4 aromatic carbocycles. The number of nitrogens with zero attached hydrogens (tertiary/aromatic N) is 1. The number of anilines is 4. The molecule has 45 heavy (non-hydrogen) atoms. The minimum absolute atomic E-state index is 0.00130. The number of carbonyl (C=O) groups is 2. The number of aliphatic hydroxyl groups is 1. The largest absolute Gasteiger partial charge is 0.497 e. The van der Waals surface area contributed by atoms with Gasteiger partial charge < -0.3 is 25.6 Å². The molecule has 4 aromatic rings. The Labute approximate surface area is 264 Å². The number of methoxy groups -OCH3 is 1. The molecular weight excluding hydrogens is 582 g/mol. The number of para-hydroxylation sites is 1. The van der Waals surface area contributed by atoms with E-state index >= 15 is 0 Å². The number of hydrogen-bond acceptors (Lipinski definition) is 6. The number of ether oxygens (including phenoxy) is 2. The molecule has 4 N–H and O–H groups in total. The smallest absolute Gasteiger partial charge is 0.268 e. The SMILES string of the molecule is COc1ccc([Si](C)(C)[C@@H]2[C@@H](CCO)O[C@]3(C(=O)N(c4ccccc4)c4ccc(NC(=O)c5ccc(N)cc5)cc43)[C@H]2C)cc1. The van der Waals surface area contributed by atoms with E-state index in [0.29, 0.717) is 28.9 Å². The fraction of sp³-hybridized carbons (Fsp3) is 0.278. The molecule has 232 valence electrons. The van der Waals surface area contributed by atoms with E-state index in [1.165, 1.54) is 5.19 Å². The summed E-state index contributed by atoms with van der Waals surface area (Å²) in [6.45, 7) is 6.66. The van der Waals surface area contributed by atoms with Crippen LogP contribution < -0.4 is 25.9 Å². The molecule has 1 spiro atoms. The number of nitrogen functional groups attached to an aromatic ring is 1. The van der Waals surface area contributed by atoms with Gasteiger partial charge in [-0.1, -0.05) is 55.5 Å². The van der Waals surface area contributed by atoms with E-state index in [-0.39, 0.29) is 36.0 Å². The lowest BCUT2D eigenvalue weighted by atomic mass is 9.82. The maximum absolute atomic E-state index is 14.9. The molecule has 0 aromatic heterocycles. The van der Waals surface area contributed by atoms with Crippen molar-refractivity contribution in [2.45, 2.75) is 43.7 Å². The van der Waals surface area contributed by atoms with Crippen molar-refractivity contribution in [3.63, 3.8) is 0 Å². The van der Waals surface area contributed by atoms with Crippen LogP contribution in [-0.4, -0.2) is 44.8 Å². The number of hydrogen-bond donors (Lipinski definition) is 3. The lowest BCUT2D eigenvalue weighted by molar-refractivity contribution is -0.145. The molecule has 2 aliphatic rings. The van der Waals surface area contributed by atoms with Crippen molar-refractivity contribution in [3.8, 4) is 5.75 Å². The van der Waals surface area contributed by atoms with Crippen molar-refractivity contribution >= 4 is 47.8 Å². The molecule has 0 bridgehead atoms. The van der Waals surface area contributed by atoms with Crippen molar-refractivity contribution in [1.29, 1.82) is 0 Å². The summed E-state index contributed by atoms with van der Waals surface area (Å²) in [5, 5.41) is 14.4. The quantitative estimate of drug-likeness (QED) is 0.169. The zero-order valence-corrected chi connectivity index (χ0v) is 27.0. The third-order valence-corrected chi connectivity index (χ3v) is 14.0. The maximum Gasteiger partial charge on any atom is 0.268 e. The Bertz CT molecular complexity index is 1710. The van der Waals surface area contributed by atoms with Gasteiger partial charge in [0, 0.05) is 40.7 Å². The molecule has 1 fully saturated rings. The number of carbonyl (C=O) groups excluding carboxylic acids is 2. The Balaban J connectivity index is 1.46. The first-order chi connectivity index (χ1) is 21.6. The summed E-state index contributed by atoms with van der Waals surface area (Å²) < 4.78 is 12.4. The van der Waals surface area contributed by atoms with Gasteiger partial charge in [0.05, 0.1) is 27.0 Å². The molecule has 9 heteroatoms. The van der Waals surface area contributed by atoms with Crippen LogP contribution in [0.2, 0.25) is 18.6 Å². The fourth-order valence-electron chi connectivity index (χ4n) is 7.38. The summed E-state index contributed by atoms with van der Waals surface area (Å²) in [5.41, 5.74) is 8.28. The molecule has 1 saturated heterocycles. The molecule has 0 aliphatic carbocycles. The first-order valence-corrected chi connectivity index (χ1v) is 18.3. The Morgan fingerprint density at radius 3 is 2.36 bits per heavy atom. The maximum atomic E-state index is 14.9. The predicted molar refractivity (Wildman–Crippen MR) is 180 cm³/mol. The van der Waals surface area contributed by atoms with E-state index in [1.54, 1.807) is 36.3 Å². The van der Waals surface area contributed by atoms with E-state index in [9.17, 15) is 14.7 Å².